The smallest absolute Gasteiger partial charge is 0.323 e. The van der Waals surface area contributed by atoms with Crippen molar-refractivity contribution >= 4 is 5.97 Å². The highest BCUT2D eigenvalue weighted by molar-refractivity contribution is 5.75. The minimum atomic E-state index is -0.123. The molecule has 3 heteroatoms. The standard InChI is InChI=1S/C11H17NO2/c1-3-8-12-9-6-5-7-10(12)11(13)14-4-2/h1,10H,4-9H2,2H3/t10-/m0/s1. The average molecular weight is 195 g/mol. The van der Waals surface area contributed by atoms with Crippen LogP contribution in [-0.4, -0.2) is 36.6 Å². The molecule has 1 rings (SSSR count). The van der Waals surface area contributed by atoms with Crippen molar-refractivity contribution in [2.75, 3.05) is 19.7 Å². The van der Waals surface area contributed by atoms with E-state index < -0.39 is 0 Å². The fourth-order valence-electron chi connectivity index (χ4n) is 1.80. The predicted molar refractivity (Wildman–Crippen MR) is 54.7 cm³/mol. The molecule has 1 atom stereocenters. The second-order valence-corrected chi connectivity index (χ2v) is 3.44. The van der Waals surface area contributed by atoms with Crippen LogP contribution >= 0.6 is 0 Å². The summed E-state index contributed by atoms with van der Waals surface area (Å²) >= 11 is 0. The van der Waals surface area contributed by atoms with Gasteiger partial charge >= 0.3 is 5.97 Å². The molecule has 0 spiro atoms. The van der Waals surface area contributed by atoms with Crippen molar-refractivity contribution in [3.05, 3.63) is 0 Å². The normalized spacial score (nSPS) is 22.7. The highest BCUT2D eigenvalue weighted by atomic mass is 16.5. The fraction of sp³-hybridized carbons (Fsp3) is 0.727. The van der Waals surface area contributed by atoms with Crippen molar-refractivity contribution in [1.82, 2.24) is 4.90 Å². The van der Waals surface area contributed by atoms with Gasteiger partial charge in [0.2, 0.25) is 0 Å². The molecule has 0 N–H and O–H groups in total. The molecule has 14 heavy (non-hydrogen) atoms. The van der Waals surface area contributed by atoms with Crippen molar-refractivity contribution < 1.29 is 9.53 Å². The van der Waals surface area contributed by atoms with Crippen molar-refractivity contribution in [3.63, 3.8) is 0 Å². The first-order valence-electron chi connectivity index (χ1n) is 5.13. The molecule has 0 aromatic rings. The molecule has 0 saturated carbocycles. The van der Waals surface area contributed by atoms with E-state index in [-0.39, 0.29) is 12.0 Å². The van der Waals surface area contributed by atoms with Gasteiger partial charge in [0.1, 0.15) is 6.04 Å². The summed E-state index contributed by atoms with van der Waals surface area (Å²) in [4.78, 5) is 13.6. The molecular formula is C11H17NO2. The summed E-state index contributed by atoms with van der Waals surface area (Å²) in [6, 6.07) is -0.111. The molecule has 0 unspecified atom stereocenters. The van der Waals surface area contributed by atoms with Crippen LogP contribution in [0.15, 0.2) is 0 Å². The maximum Gasteiger partial charge on any atom is 0.323 e. The van der Waals surface area contributed by atoms with Crippen LogP contribution in [0.1, 0.15) is 26.2 Å². The highest BCUT2D eigenvalue weighted by Crippen LogP contribution is 2.17. The van der Waals surface area contributed by atoms with Crippen LogP contribution in [0.25, 0.3) is 0 Å². The van der Waals surface area contributed by atoms with Gasteiger partial charge in [-0.1, -0.05) is 12.3 Å². The van der Waals surface area contributed by atoms with Crippen molar-refractivity contribution in [3.8, 4) is 12.3 Å². The first-order valence-corrected chi connectivity index (χ1v) is 5.13. The van der Waals surface area contributed by atoms with Gasteiger partial charge in [-0.05, 0) is 26.3 Å². The highest BCUT2D eigenvalue weighted by Gasteiger charge is 2.28. The van der Waals surface area contributed by atoms with Gasteiger partial charge in [-0.3, -0.25) is 9.69 Å². The first-order chi connectivity index (χ1) is 6.79. The summed E-state index contributed by atoms with van der Waals surface area (Å²) in [7, 11) is 0. The zero-order valence-electron chi connectivity index (χ0n) is 8.66. The lowest BCUT2D eigenvalue weighted by molar-refractivity contribution is -0.150. The molecule has 0 aliphatic carbocycles. The Morgan fingerprint density at radius 2 is 2.43 bits per heavy atom. The van der Waals surface area contributed by atoms with Crippen molar-refractivity contribution in [2.45, 2.75) is 32.2 Å². The maximum absolute atomic E-state index is 11.6. The Balaban J connectivity index is 2.53. The minimum absolute atomic E-state index is 0.111. The van der Waals surface area contributed by atoms with Gasteiger partial charge in [0.25, 0.3) is 0 Å². The van der Waals surface area contributed by atoms with Crippen LogP contribution in [0.3, 0.4) is 0 Å². The number of carbonyl (C=O) groups is 1. The van der Waals surface area contributed by atoms with Gasteiger partial charge in [0.05, 0.1) is 13.2 Å². The van der Waals surface area contributed by atoms with Crippen LogP contribution < -0.4 is 0 Å². The molecule has 0 aromatic heterocycles. The van der Waals surface area contributed by atoms with E-state index in [2.05, 4.69) is 5.92 Å². The van der Waals surface area contributed by atoms with E-state index in [0.717, 1.165) is 25.8 Å². The number of nitrogens with zero attached hydrogens (tertiary/aromatic N) is 1. The number of hydrogen-bond acceptors (Lipinski definition) is 3. The largest absolute Gasteiger partial charge is 0.465 e. The summed E-state index contributed by atoms with van der Waals surface area (Å²) in [6.45, 7) is 3.72. The molecule has 0 aromatic carbocycles. The van der Waals surface area contributed by atoms with Gasteiger partial charge in [0, 0.05) is 0 Å². The van der Waals surface area contributed by atoms with Crippen LogP contribution in [-0.2, 0) is 9.53 Å². The lowest BCUT2D eigenvalue weighted by Crippen LogP contribution is -2.45. The second kappa shape index (κ2) is 5.66. The number of rotatable bonds is 3. The Kier molecular flexibility index (Phi) is 4.48. The molecule has 3 nitrogen and oxygen atoms in total. The Morgan fingerprint density at radius 1 is 1.64 bits per heavy atom. The third kappa shape index (κ3) is 2.74. The van der Waals surface area contributed by atoms with E-state index in [1.807, 2.05) is 11.8 Å². The summed E-state index contributed by atoms with van der Waals surface area (Å²) in [5.74, 6) is 2.46. The number of hydrogen-bond donors (Lipinski definition) is 0. The first kappa shape index (κ1) is 11.1. The third-order valence-electron chi connectivity index (χ3n) is 2.47. The quantitative estimate of drug-likeness (QED) is 0.498. The number of esters is 1. The van der Waals surface area contributed by atoms with E-state index in [0.29, 0.717) is 13.2 Å². The zero-order valence-corrected chi connectivity index (χ0v) is 8.66. The van der Waals surface area contributed by atoms with Crippen LogP contribution in [0.5, 0.6) is 0 Å². The third-order valence-corrected chi connectivity index (χ3v) is 2.47. The van der Waals surface area contributed by atoms with Crippen LogP contribution in [0, 0.1) is 12.3 Å². The van der Waals surface area contributed by atoms with Gasteiger partial charge in [-0.2, -0.15) is 0 Å². The van der Waals surface area contributed by atoms with Gasteiger partial charge in [0.15, 0.2) is 0 Å². The van der Waals surface area contributed by atoms with Gasteiger partial charge in [-0.25, -0.2) is 0 Å². The second-order valence-electron chi connectivity index (χ2n) is 3.44. The lowest BCUT2D eigenvalue weighted by Gasteiger charge is -2.32. The van der Waals surface area contributed by atoms with Gasteiger partial charge < -0.3 is 4.74 Å². The van der Waals surface area contributed by atoms with Crippen molar-refractivity contribution in [2.24, 2.45) is 0 Å². The van der Waals surface area contributed by atoms with E-state index in [9.17, 15) is 4.79 Å². The van der Waals surface area contributed by atoms with E-state index in [4.69, 9.17) is 11.2 Å². The number of carbonyl (C=O) groups excluding carboxylic acids is 1. The molecular weight excluding hydrogens is 178 g/mol. The molecule has 78 valence electrons. The Labute approximate surface area is 85.4 Å². The lowest BCUT2D eigenvalue weighted by atomic mass is 10.0. The fourth-order valence-corrected chi connectivity index (χ4v) is 1.80. The minimum Gasteiger partial charge on any atom is -0.465 e. The van der Waals surface area contributed by atoms with E-state index >= 15 is 0 Å². The molecule has 0 radical (unpaired) electrons. The molecule has 1 saturated heterocycles. The average Bonchev–Trinajstić information content (AvgIpc) is 2.19. The zero-order chi connectivity index (χ0) is 10.4. The molecule has 1 fully saturated rings. The summed E-state index contributed by atoms with van der Waals surface area (Å²) in [6.07, 6.45) is 8.34. The van der Waals surface area contributed by atoms with Crippen molar-refractivity contribution in [1.29, 1.82) is 0 Å². The molecule has 1 aliphatic heterocycles. The molecule has 1 heterocycles. The maximum atomic E-state index is 11.6. The van der Waals surface area contributed by atoms with E-state index in [1.165, 1.54) is 0 Å². The summed E-state index contributed by atoms with van der Waals surface area (Å²) in [5.41, 5.74) is 0. The number of piperidine rings is 1. The van der Waals surface area contributed by atoms with Gasteiger partial charge in [-0.15, -0.1) is 6.42 Å². The van der Waals surface area contributed by atoms with Crippen LogP contribution in [0.2, 0.25) is 0 Å². The van der Waals surface area contributed by atoms with E-state index in [1.54, 1.807) is 0 Å². The Morgan fingerprint density at radius 3 is 3.07 bits per heavy atom. The molecule has 0 amide bonds. The van der Waals surface area contributed by atoms with Crippen LogP contribution in [0.4, 0.5) is 0 Å². The SMILES string of the molecule is C#CCN1CCCC[C@H]1C(=O)OCC. The summed E-state index contributed by atoms with van der Waals surface area (Å²) < 4.78 is 5.01. The molecule has 1 aliphatic rings. The Bertz CT molecular complexity index is 232. The monoisotopic (exact) mass is 195 g/mol. The Hall–Kier alpha value is -1.01. The topological polar surface area (TPSA) is 29.5 Å². The number of terminal acetylenes is 1. The number of likely N-dealkylation sites (tertiary alicyclic amines) is 1. The molecule has 0 bridgehead atoms. The number of ether oxygens (including phenoxy) is 1. The predicted octanol–water partition coefficient (Wildman–Crippen LogP) is 1.04. The summed E-state index contributed by atoms with van der Waals surface area (Å²) in [5, 5.41) is 0.